The fraction of sp³-hybridized carbons (Fsp3) is 0.0526. The summed E-state index contributed by atoms with van der Waals surface area (Å²) in [5, 5.41) is 13.4. The molecule has 136 valence electrons. The summed E-state index contributed by atoms with van der Waals surface area (Å²) in [5.41, 5.74) is 0.627. The number of amides is 1. The highest BCUT2D eigenvalue weighted by Crippen LogP contribution is 2.22. The number of nitrogens with zero attached hydrogens (tertiary/aromatic N) is 2. The van der Waals surface area contributed by atoms with E-state index in [9.17, 15) is 19.3 Å². The number of halogens is 1. The van der Waals surface area contributed by atoms with Gasteiger partial charge in [0.2, 0.25) is 0 Å². The third kappa shape index (κ3) is 4.43. The highest BCUT2D eigenvalue weighted by Gasteiger charge is 2.14. The van der Waals surface area contributed by atoms with Crippen LogP contribution in [0.15, 0.2) is 60.8 Å². The van der Waals surface area contributed by atoms with Crippen molar-refractivity contribution in [1.82, 2.24) is 4.98 Å². The Morgan fingerprint density at radius 3 is 2.41 bits per heavy atom. The van der Waals surface area contributed by atoms with Crippen LogP contribution in [0.1, 0.15) is 15.9 Å². The van der Waals surface area contributed by atoms with Crippen molar-refractivity contribution < 1.29 is 18.8 Å². The van der Waals surface area contributed by atoms with Crippen LogP contribution in [0.3, 0.4) is 0 Å². The van der Waals surface area contributed by atoms with E-state index in [1.54, 1.807) is 19.1 Å². The van der Waals surface area contributed by atoms with Gasteiger partial charge in [-0.05, 0) is 55.5 Å². The molecule has 0 bridgehead atoms. The first-order chi connectivity index (χ1) is 12.9. The number of rotatable bonds is 5. The Hall–Kier alpha value is -3.81. The first kappa shape index (κ1) is 18.0. The smallest absolute Gasteiger partial charge is 0.272 e. The third-order valence-corrected chi connectivity index (χ3v) is 3.68. The van der Waals surface area contributed by atoms with Crippen molar-refractivity contribution in [3.8, 4) is 11.5 Å². The summed E-state index contributed by atoms with van der Waals surface area (Å²) in [6.45, 7) is 1.56. The molecule has 7 nitrogen and oxygen atoms in total. The zero-order valence-electron chi connectivity index (χ0n) is 14.2. The zero-order chi connectivity index (χ0) is 19.4. The predicted molar refractivity (Wildman–Crippen MR) is 96.5 cm³/mol. The molecule has 1 aromatic heterocycles. The number of nitrogens with one attached hydrogen (secondary N) is 1. The third-order valence-electron chi connectivity index (χ3n) is 3.68. The van der Waals surface area contributed by atoms with Gasteiger partial charge in [-0.25, -0.2) is 9.37 Å². The van der Waals surface area contributed by atoms with E-state index in [1.807, 2.05) is 0 Å². The molecule has 1 heterocycles. The Morgan fingerprint density at radius 1 is 1.11 bits per heavy atom. The highest BCUT2D eigenvalue weighted by molar-refractivity contribution is 6.04. The molecule has 0 saturated heterocycles. The summed E-state index contributed by atoms with van der Waals surface area (Å²) >= 11 is 0. The highest BCUT2D eigenvalue weighted by atomic mass is 19.1. The van der Waals surface area contributed by atoms with Crippen molar-refractivity contribution in [1.29, 1.82) is 0 Å². The Bertz CT molecular complexity index is 989. The maximum atomic E-state index is 12.9. The first-order valence-corrected chi connectivity index (χ1v) is 7.88. The van der Waals surface area contributed by atoms with Crippen LogP contribution in [0.4, 0.5) is 15.9 Å². The minimum atomic E-state index is -0.502. The van der Waals surface area contributed by atoms with Gasteiger partial charge < -0.3 is 10.1 Å². The van der Waals surface area contributed by atoms with Gasteiger partial charge in [0.05, 0.1) is 11.1 Å². The summed E-state index contributed by atoms with van der Waals surface area (Å²) in [6.07, 6.45) is 1.42. The second-order valence-electron chi connectivity index (χ2n) is 5.65. The number of hydrogen-bond acceptors (Lipinski definition) is 5. The van der Waals surface area contributed by atoms with Crippen molar-refractivity contribution in [3.05, 3.63) is 87.9 Å². The summed E-state index contributed by atoms with van der Waals surface area (Å²) in [7, 11) is 0. The summed E-state index contributed by atoms with van der Waals surface area (Å²) in [5.74, 6) is 0.373. The van der Waals surface area contributed by atoms with Gasteiger partial charge in [-0.3, -0.25) is 14.9 Å². The molecule has 0 unspecified atom stereocenters. The maximum absolute atomic E-state index is 12.9. The van der Waals surface area contributed by atoms with Crippen LogP contribution in [0.2, 0.25) is 0 Å². The number of aryl methyl sites for hydroxylation is 1. The normalized spacial score (nSPS) is 10.3. The lowest BCUT2D eigenvalue weighted by Crippen LogP contribution is -2.13. The molecule has 3 rings (SSSR count). The first-order valence-electron chi connectivity index (χ1n) is 7.88. The second kappa shape index (κ2) is 7.61. The summed E-state index contributed by atoms with van der Waals surface area (Å²) in [6, 6.07) is 12.8. The Kier molecular flexibility index (Phi) is 5.07. The quantitative estimate of drug-likeness (QED) is 0.530. The van der Waals surface area contributed by atoms with E-state index in [0.29, 0.717) is 22.9 Å². The van der Waals surface area contributed by atoms with E-state index in [1.165, 1.54) is 48.7 Å². The number of carbonyl (C=O) groups is 1. The lowest BCUT2D eigenvalue weighted by Gasteiger charge is -2.08. The van der Waals surface area contributed by atoms with Crippen LogP contribution < -0.4 is 10.1 Å². The van der Waals surface area contributed by atoms with Gasteiger partial charge in [-0.15, -0.1) is 0 Å². The molecule has 0 aliphatic rings. The molecule has 1 amide bonds. The fourth-order valence-electron chi connectivity index (χ4n) is 2.34. The Balaban J connectivity index is 1.67. The van der Waals surface area contributed by atoms with Crippen LogP contribution >= 0.6 is 0 Å². The van der Waals surface area contributed by atoms with E-state index < -0.39 is 10.8 Å². The van der Waals surface area contributed by atoms with Crippen LogP contribution in [0.25, 0.3) is 0 Å². The number of benzene rings is 2. The Labute approximate surface area is 153 Å². The number of nitro groups is 1. The zero-order valence-corrected chi connectivity index (χ0v) is 14.2. The van der Waals surface area contributed by atoms with Gasteiger partial charge in [0.15, 0.2) is 0 Å². The molecule has 0 radical (unpaired) electrons. The van der Waals surface area contributed by atoms with Crippen molar-refractivity contribution in [2.75, 3.05) is 5.32 Å². The Morgan fingerprint density at radius 2 is 1.81 bits per heavy atom. The monoisotopic (exact) mass is 367 g/mol. The number of ether oxygens (including phenoxy) is 1. The molecule has 0 aliphatic heterocycles. The average Bonchev–Trinajstić information content (AvgIpc) is 2.64. The number of carbonyl (C=O) groups excluding carboxylic acids is 1. The molecule has 0 atom stereocenters. The number of pyridine rings is 1. The van der Waals surface area contributed by atoms with Crippen LogP contribution in [0.5, 0.6) is 11.5 Å². The molecule has 3 aromatic rings. The van der Waals surface area contributed by atoms with Gasteiger partial charge in [0.25, 0.3) is 11.6 Å². The lowest BCUT2D eigenvalue weighted by molar-refractivity contribution is -0.385. The molecule has 1 N–H and O–H groups in total. The van der Waals surface area contributed by atoms with Crippen LogP contribution in [-0.2, 0) is 0 Å². The molecule has 0 aliphatic carbocycles. The number of anilines is 1. The molecule has 0 spiro atoms. The average molecular weight is 367 g/mol. The molecule has 0 saturated carbocycles. The number of aromatic nitrogens is 1. The fourth-order valence-corrected chi connectivity index (χ4v) is 2.34. The summed E-state index contributed by atoms with van der Waals surface area (Å²) in [4.78, 5) is 26.7. The molecular weight excluding hydrogens is 353 g/mol. The predicted octanol–water partition coefficient (Wildman–Crippen LogP) is 4.48. The number of nitro benzene ring substituents is 1. The van der Waals surface area contributed by atoms with Crippen molar-refractivity contribution in [2.24, 2.45) is 0 Å². The molecule has 27 heavy (non-hydrogen) atoms. The summed E-state index contributed by atoms with van der Waals surface area (Å²) < 4.78 is 18.4. The topological polar surface area (TPSA) is 94.4 Å². The van der Waals surface area contributed by atoms with Gasteiger partial charge in [-0.1, -0.05) is 0 Å². The van der Waals surface area contributed by atoms with Crippen LogP contribution in [0, 0.1) is 22.9 Å². The molecule has 8 heteroatoms. The van der Waals surface area contributed by atoms with Gasteiger partial charge in [0, 0.05) is 17.2 Å². The number of hydrogen-bond donors (Lipinski definition) is 1. The van der Waals surface area contributed by atoms with E-state index in [0.717, 1.165) is 0 Å². The van der Waals surface area contributed by atoms with E-state index >= 15 is 0 Å². The van der Waals surface area contributed by atoms with Crippen molar-refractivity contribution >= 4 is 17.4 Å². The molecule has 2 aromatic carbocycles. The van der Waals surface area contributed by atoms with E-state index in [2.05, 4.69) is 10.3 Å². The lowest BCUT2D eigenvalue weighted by atomic mass is 10.1. The molecular formula is C19H14FN3O4. The van der Waals surface area contributed by atoms with Crippen LogP contribution in [-0.4, -0.2) is 15.8 Å². The van der Waals surface area contributed by atoms with E-state index in [4.69, 9.17) is 4.74 Å². The van der Waals surface area contributed by atoms with Crippen molar-refractivity contribution in [3.63, 3.8) is 0 Å². The minimum absolute atomic E-state index is 0.0491. The van der Waals surface area contributed by atoms with Gasteiger partial charge in [-0.2, -0.15) is 0 Å². The minimum Gasteiger partial charge on any atom is -0.456 e. The maximum Gasteiger partial charge on any atom is 0.272 e. The van der Waals surface area contributed by atoms with Gasteiger partial charge in [0.1, 0.15) is 23.1 Å². The van der Waals surface area contributed by atoms with E-state index in [-0.39, 0.29) is 17.1 Å². The standard InChI is InChI=1S/C19H14FN3O4/c1-12-10-13(2-8-17(12)23(25)26)19(24)22-18-9-7-16(11-21-18)27-15-5-3-14(20)4-6-15/h2-11H,1H3,(H,21,22,24). The second-order valence-corrected chi connectivity index (χ2v) is 5.65. The SMILES string of the molecule is Cc1cc(C(=O)Nc2ccc(Oc3ccc(F)cc3)cn2)ccc1[N+](=O)[O-]. The van der Waals surface area contributed by atoms with Gasteiger partial charge >= 0.3 is 0 Å². The van der Waals surface area contributed by atoms with Crippen molar-refractivity contribution in [2.45, 2.75) is 6.92 Å². The largest absolute Gasteiger partial charge is 0.456 e. The molecule has 0 fully saturated rings.